The highest BCUT2D eigenvalue weighted by atomic mass is 19.4. The fourth-order valence-corrected chi connectivity index (χ4v) is 3.92. The number of piperidine rings is 1. The van der Waals surface area contributed by atoms with Gasteiger partial charge in [-0.25, -0.2) is 4.39 Å². The van der Waals surface area contributed by atoms with E-state index in [-0.39, 0.29) is 12.0 Å². The number of halogens is 7. The molecular formula is C22H21F7N2O. The van der Waals surface area contributed by atoms with Gasteiger partial charge in [0.15, 0.2) is 0 Å². The molecule has 1 aliphatic rings. The van der Waals surface area contributed by atoms with Crippen LogP contribution in [0.2, 0.25) is 0 Å². The number of hydrogen-bond donors (Lipinski definition) is 1. The minimum atomic E-state index is -5.05. The van der Waals surface area contributed by atoms with Gasteiger partial charge in [-0.3, -0.25) is 4.79 Å². The smallest absolute Gasteiger partial charge is 0.338 e. The van der Waals surface area contributed by atoms with Crippen LogP contribution in [-0.4, -0.2) is 37.0 Å². The molecular weight excluding hydrogens is 441 g/mol. The summed E-state index contributed by atoms with van der Waals surface area (Å²) in [6.45, 7) is 2.46. The fourth-order valence-electron chi connectivity index (χ4n) is 3.92. The Morgan fingerprint density at radius 3 is 2.12 bits per heavy atom. The van der Waals surface area contributed by atoms with Crippen LogP contribution in [0.25, 0.3) is 0 Å². The van der Waals surface area contributed by atoms with Gasteiger partial charge in [0.05, 0.1) is 11.1 Å². The molecule has 2 aromatic rings. The van der Waals surface area contributed by atoms with Crippen molar-refractivity contribution in [2.45, 2.75) is 37.7 Å². The Hall–Kier alpha value is -2.62. The zero-order chi connectivity index (χ0) is 23.8. The Morgan fingerprint density at radius 1 is 1.00 bits per heavy atom. The minimum Gasteiger partial charge on any atom is -0.338 e. The van der Waals surface area contributed by atoms with E-state index in [1.165, 1.54) is 13.1 Å². The lowest BCUT2D eigenvalue weighted by molar-refractivity contribution is -0.143. The van der Waals surface area contributed by atoms with Gasteiger partial charge in [-0.1, -0.05) is 12.1 Å². The van der Waals surface area contributed by atoms with Gasteiger partial charge in [-0.15, -0.1) is 0 Å². The average Bonchev–Trinajstić information content (AvgIpc) is 2.73. The number of benzene rings is 2. The summed E-state index contributed by atoms with van der Waals surface area (Å²) in [6.07, 6.45) is -9.70. The van der Waals surface area contributed by atoms with Crippen molar-refractivity contribution in [3.63, 3.8) is 0 Å². The summed E-state index contributed by atoms with van der Waals surface area (Å²) < 4.78 is 93.1. The van der Waals surface area contributed by atoms with Gasteiger partial charge in [0.2, 0.25) is 0 Å². The number of amides is 1. The molecule has 174 valence electrons. The lowest BCUT2D eigenvalue weighted by atomic mass is 9.85. The van der Waals surface area contributed by atoms with E-state index >= 15 is 0 Å². The van der Waals surface area contributed by atoms with Crippen molar-refractivity contribution in [2.75, 3.05) is 20.1 Å². The van der Waals surface area contributed by atoms with E-state index in [1.807, 2.05) is 0 Å². The summed E-state index contributed by atoms with van der Waals surface area (Å²) in [5.41, 5.74) is -2.78. The molecule has 1 fully saturated rings. The Kier molecular flexibility index (Phi) is 6.55. The third-order valence-corrected chi connectivity index (χ3v) is 5.72. The second-order valence-electron chi connectivity index (χ2n) is 7.89. The monoisotopic (exact) mass is 462 g/mol. The molecule has 1 saturated heterocycles. The maximum absolute atomic E-state index is 14.1. The first kappa shape index (κ1) is 24.0. The van der Waals surface area contributed by atoms with Crippen molar-refractivity contribution in [1.82, 2.24) is 10.2 Å². The molecule has 10 heteroatoms. The summed E-state index contributed by atoms with van der Waals surface area (Å²) in [4.78, 5) is 14.1. The van der Waals surface area contributed by atoms with Gasteiger partial charge >= 0.3 is 12.4 Å². The number of nitrogens with one attached hydrogen (secondary N) is 1. The zero-order valence-corrected chi connectivity index (χ0v) is 17.2. The molecule has 1 amide bonds. The minimum absolute atomic E-state index is 0.0147. The summed E-state index contributed by atoms with van der Waals surface area (Å²) in [6, 6.07) is 4.91. The number of likely N-dealkylation sites (N-methyl/N-ethyl adjacent to an activating group) is 1. The number of carbonyl (C=O) groups excluding carboxylic acids is 1. The predicted octanol–water partition coefficient (Wildman–Crippen LogP) is 5.39. The fraction of sp³-hybridized carbons (Fsp3) is 0.409. The lowest BCUT2D eigenvalue weighted by Gasteiger charge is -2.39. The normalized spacial score (nSPS) is 19.7. The first-order valence-corrected chi connectivity index (χ1v) is 9.82. The molecule has 32 heavy (non-hydrogen) atoms. The van der Waals surface area contributed by atoms with Crippen LogP contribution < -0.4 is 5.32 Å². The molecule has 1 N–H and O–H groups in total. The van der Waals surface area contributed by atoms with Crippen molar-refractivity contribution in [1.29, 1.82) is 0 Å². The summed E-state index contributed by atoms with van der Waals surface area (Å²) in [5.74, 6) is -1.79. The van der Waals surface area contributed by atoms with E-state index in [1.54, 1.807) is 19.1 Å². The molecule has 1 heterocycles. The van der Waals surface area contributed by atoms with Crippen LogP contribution >= 0.6 is 0 Å². The van der Waals surface area contributed by atoms with E-state index in [4.69, 9.17) is 0 Å². The molecule has 0 spiro atoms. The highest BCUT2D eigenvalue weighted by molar-refractivity contribution is 5.94. The summed E-state index contributed by atoms with van der Waals surface area (Å²) in [5, 5.41) is 3.13. The number of alkyl halides is 6. The SMILES string of the molecule is Cc1ccc(C2CNCCC2N(C)C(=O)c2cc(C(F)(F)F)cc(C(F)(F)F)c2)cc1F. The molecule has 2 aromatic carbocycles. The van der Waals surface area contributed by atoms with Crippen LogP contribution in [0.1, 0.15) is 45.0 Å². The van der Waals surface area contributed by atoms with Crippen LogP contribution in [0, 0.1) is 12.7 Å². The Bertz CT molecular complexity index is 968. The number of rotatable bonds is 3. The van der Waals surface area contributed by atoms with E-state index < -0.39 is 46.8 Å². The number of nitrogens with zero attached hydrogens (tertiary/aromatic N) is 1. The topological polar surface area (TPSA) is 32.3 Å². The molecule has 3 rings (SSSR count). The van der Waals surface area contributed by atoms with Crippen LogP contribution in [0.4, 0.5) is 30.7 Å². The zero-order valence-electron chi connectivity index (χ0n) is 17.2. The number of aryl methyl sites for hydroxylation is 1. The number of hydrogen-bond acceptors (Lipinski definition) is 2. The van der Waals surface area contributed by atoms with Crippen LogP contribution in [0.3, 0.4) is 0 Å². The molecule has 0 saturated carbocycles. The van der Waals surface area contributed by atoms with Gasteiger partial charge in [0.1, 0.15) is 5.82 Å². The lowest BCUT2D eigenvalue weighted by Crippen LogP contribution is -2.49. The highest BCUT2D eigenvalue weighted by Crippen LogP contribution is 2.37. The predicted molar refractivity (Wildman–Crippen MR) is 104 cm³/mol. The van der Waals surface area contributed by atoms with Crippen molar-refractivity contribution < 1.29 is 35.5 Å². The van der Waals surface area contributed by atoms with E-state index in [0.29, 0.717) is 42.8 Å². The van der Waals surface area contributed by atoms with Crippen LogP contribution in [-0.2, 0) is 12.4 Å². The summed E-state index contributed by atoms with van der Waals surface area (Å²) in [7, 11) is 1.34. The highest BCUT2D eigenvalue weighted by Gasteiger charge is 2.39. The second-order valence-corrected chi connectivity index (χ2v) is 7.89. The second kappa shape index (κ2) is 8.73. The average molecular weight is 462 g/mol. The van der Waals surface area contributed by atoms with Crippen molar-refractivity contribution in [2.24, 2.45) is 0 Å². The number of carbonyl (C=O) groups is 1. The third-order valence-electron chi connectivity index (χ3n) is 5.72. The molecule has 0 aliphatic carbocycles. The molecule has 3 nitrogen and oxygen atoms in total. The first-order valence-electron chi connectivity index (χ1n) is 9.82. The van der Waals surface area contributed by atoms with Crippen molar-refractivity contribution in [3.8, 4) is 0 Å². The van der Waals surface area contributed by atoms with Crippen molar-refractivity contribution in [3.05, 3.63) is 70.0 Å². The summed E-state index contributed by atoms with van der Waals surface area (Å²) >= 11 is 0. The Balaban J connectivity index is 1.97. The largest absolute Gasteiger partial charge is 0.416 e. The molecule has 2 atom stereocenters. The maximum atomic E-state index is 14.1. The van der Waals surface area contributed by atoms with Gasteiger partial charge in [0.25, 0.3) is 5.91 Å². The van der Waals surface area contributed by atoms with Gasteiger partial charge in [-0.2, -0.15) is 26.3 Å². The maximum Gasteiger partial charge on any atom is 0.416 e. The van der Waals surface area contributed by atoms with Gasteiger partial charge in [0, 0.05) is 31.1 Å². The molecule has 2 unspecified atom stereocenters. The quantitative estimate of drug-likeness (QED) is 0.621. The third kappa shape index (κ3) is 5.06. The van der Waals surface area contributed by atoms with Crippen LogP contribution in [0.15, 0.2) is 36.4 Å². The van der Waals surface area contributed by atoms with Crippen molar-refractivity contribution >= 4 is 5.91 Å². The van der Waals surface area contributed by atoms with E-state index in [2.05, 4.69) is 5.32 Å². The van der Waals surface area contributed by atoms with Gasteiger partial charge in [-0.05, 0) is 55.3 Å². The van der Waals surface area contributed by atoms with Crippen LogP contribution in [0.5, 0.6) is 0 Å². The Morgan fingerprint density at radius 2 is 1.59 bits per heavy atom. The van der Waals surface area contributed by atoms with E-state index in [9.17, 15) is 35.5 Å². The first-order chi connectivity index (χ1) is 14.8. The van der Waals surface area contributed by atoms with E-state index in [0.717, 1.165) is 4.90 Å². The van der Waals surface area contributed by atoms with Gasteiger partial charge < -0.3 is 10.2 Å². The molecule has 0 radical (unpaired) electrons. The molecule has 1 aliphatic heterocycles. The Labute approximate surface area is 180 Å². The standard InChI is InChI=1S/C22H21F7N2O/c1-12-3-4-13(9-18(12)23)17-11-30-6-5-19(17)31(2)20(32)14-7-15(21(24,25)26)10-16(8-14)22(27,28)29/h3-4,7-10,17,19,30H,5-6,11H2,1-2H3. The molecule has 0 aromatic heterocycles. The molecule has 0 bridgehead atoms.